The Morgan fingerprint density at radius 1 is 0.932 bits per heavy atom. The summed E-state index contributed by atoms with van der Waals surface area (Å²) in [5.41, 5.74) is 3.03. The van der Waals surface area contributed by atoms with Gasteiger partial charge in [0.2, 0.25) is 11.8 Å². The lowest BCUT2D eigenvalue weighted by Crippen LogP contribution is -2.34. The maximum absolute atomic E-state index is 12.9. The molecule has 0 aliphatic carbocycles. The highest BCUT2D eigenvalue weighted by Crippen LogP contribution is 2.34. The lowest BCUT2D eigenvalue weighted by atomic mass is 9.92. The van der Waals surface area contributed by atoms with Crippen LogP contribution in [0.25, 0.3) is 16.1 Å². The molecule has 224 valence electrons. The Morgan fingerprint density at radius 3 is 2.43 bits per heavy atom. The standard InChI is InChI=1S/C33H33N7O3S/c1-33(2,3)27-19-28(40(38-27)24-9-5-4-6-10-24)37-31(42)36-23-14-17-29(34-20-23)43-25-15-12-22(13-16-25)26-21-35-32(44-26)39-18-8-7-11-30(39)41/h4-6,9-10,12-17,19-21H,7-8,11,18H2,1-3H3,(H2,36,37,42). The summed E-state index contributed by atoms with van der Waals surface area (Å²) in [5, 5.41) is 11.2. The van der Waals surface area contributed by atoms with Crippen molar-refractivity contribution in [3.8, 4) is 27.8 Å². The number of piperidine rings is 1. The molecule has 4 heterocycles. The van der Waals surface area contributed by atoms with E-state index in [0.29, 0.717) is 29.6 Å². The number of thiazole rings is 1. The van der Waals surface area contributed by atoms with Crippen LogP contribution < -0.4 is 20.3 Å². The normalized spacial score (nSPS) is 13.5. The van der Waals surface area contributed by atoms with Gasteiger partial charge in [0, 0.05) is 36.7 Å². The summed E-state index contributed by atoms with van der Waals surface area (Å²) < 4.78 is 7.65. The molecule has 11 heteroatoms. The fraction of sp³-hybridized carbons (Fsp3) is 0.242. The molecule has 10 nitrogen and oxygen atoms in total. The van der Waals surface area contributed by atoms with E-state index in [2.05, 4.69) is 41.4 Å². The zero-order chi connectivity index (χ0) is 30.7. The fourth-order valence-corrected chi connectivity index (χ4v) is 5.70. The van der Waals surface area contributed by atoms with Gasteiger partial charge in [-0.1, -0.05) is 50.3 Å². The minimum atomic E-state index is -0.413. The first kappa shape index (κ1) is 29.1. The first-order valence-corrected chi connectivity index (χ1v) is 15.3. The third kappa shape index (κ3) is 6.63. The molecular formula is C33H33N7O3S. The number of amides is 3. The van der Waals surface area contributed by atoms with E-state index in [4.69, 9.17) is 9.84 Å². The summed E-state index contributed by atoms with van der Waals surface area (Å²) in [5.74, 6) is 1.72. The van der Waals surface area contributed by atoms with Gasteiger partial charge in [0.1, 0.15) is 11.6 Å². The summed E-state index contributed by atoms with van der Waals surface area (Å²) in [6, 6.07) is 22.2. The number of urea groups is 1. The SMILES string of the molecule is CC(C)(C)c1cc(NC(=O)Nc2ccc(Oc3ccc(-c4cnc(N5CCCCC5=O)s4)cc3)nc2)n(-c2ccccc2)n1. The van der Waals surface area contributed by atoms with Gasteiger partial charge in [0.15, 0.2) is 5.13 Å². The van der Waals surface area contributed by atoms with Crippen molar-refractivity contribution in [1.82, 2.24) is 19.7 Å². The summed E-state index contributed by atoms with van der Waals surface area (Å²) in [7, 11) is 0. The second kappa shape index (κ2) is 12.3. The van der Waals surface area contributed by atoms with Crippen LogP contribution in [-0.4, -0.2) is 38.2 Å². The number of nitrogens with one attached hydrogen (secondary N) is 2. The van der Waals surface area contributed by atoms with E-state index in [0.717, 1.165) is 46.3 Å². The maximum atomic E-state index is 12.9. The minimum absolute atomic E-state index is 0.139. The fourth-order valence-electron chi connectivity index (χ4n) is 4.74. The summed E-state index contributed by atoms with van der Waals surface area (Å²) in [4.78, 5) is 36.8. The Morgan fingerprint density at radius 2 is 1.73 bits per heavy atom. The van der Waals surface area contributed by atoms with Gasteiger partial charge in [0.25, 0.3) is 0 Å². The average Bonchev–Trinajstić information content (AvgIpc) is 3.68. The molecule has 3 amide bonds. The molecule has 1 saturated heterocycles. The lowest BCUT2D eigenvalue weighted by molar-refractivity contribution is -0.119. The van der Waals surface area contributed by atoms with E-state index in [1.54, 1.807) is 34.1 Å². The van der Waals surface area contributed by atoms with Crippen LogP contribution in [0.2, 0.25) is 0 Å². The molecule has 2 N–H and O–H groups in total. The first-order chi connectivity index (χ1) is 21.2. The number of pyridine rings is 1. The number of hydrogen-bond acceptors (Lipinski definition) is 7. The van der Waals surface area contributed by atoms with Crippen molar-refractivity contribution in [3.63, 3.8) is 0 Å². The highest BCUT2D eigenvalue weighted by molar-refractivity contribution is 7.19. The second-order valence-corrected chi connectivity index (χ2v) is 12.5. The van der Waals surface area contributed by atoms with E-state index in [1.807, 2.05) is 60.7 Å². The molecule has 0 spiro atoms. The van der Waals surface area contributed by atoms with E-state index >= 15 is 0 Å². The maximum Gasteiger partial charge on any atom is 0.324 e. The third-order valence-corrected chi connectivity index (χ3v) is 8.19. The van der Waals surface area contributed by atoms with Gasteiger partial charge in [-0.2, -0.15) is 5.10 Å². The number of ether oxygens (including phenoxy) is 1. The predicted octanol–water partition coefficient (Wildman–Crippen LogP) is 7.64. The minimum Gasteiger partial charge on any atom is -0.439 e. The monoisotopic (exact) mass is 607 g/mol. The van der Waals surface area contributed by atoms with Gasteiger partial charge in [-0.25, -0.2) is 19.4 Å². The molecular weight excluding hydrogens is 574 g/mol. The number of carbonyl (C=O) groups is 2. The zero-order valence-electron chi connectivity index (χ0n) is 24.8. The third-order valence-electron chi connectivity index (χ3n) is 7.12. The number of aromatic nitrogens is 4. The van der Waals surface area contributed by atoms with Crippen LogP contribution in [0, 0.1) is 0 Å². The van der Waals surface area contributed by atoms with Crippen LogP contribution in [0.5, 0.6) is 11.6 Å². The molecule has 0 bridgehead atoms. The molecule has 2 aromatic carbocycles. The van der Waals surface area contributed by atoms with Crippen LogP contribution in [0.15, 0.2) is 85.2 Å². The van der Waals surface area contributed by atoms with Crippen molar-refractivity contribution in [3.05, 3.63) is 90.9 Å². The molecule has 0 saturated carbocycles. The summed E-state index contributed by atoms with van der Waals surface area (Å²) in [6.07, 6.45) is 5.88. The van der Waals surface area contributed by atoms with E-state index < -0.39 is 6.03 Å². The molecule has 1 aliphatic heterocycles. The van der Waals surface area contributed by atoms with Gasteiger partial charge < -0.3 is 10.1 Å². The topological polar surface area (TPSA) is 114 Å². The number of hydrogen-bond donors (Lipinski definition) is 2. The van der Waals surface area contributed by atoms with Crippen molar-refractivity contribution in [2.45, 2.75) is 45.4 Å². The van der Waals surface area contributed by atoms with Crippen LogP contribution in [0.1, 0.15) is 45.7 Å². The molecule has 3 aromatic heterocycles. The molecule has 5 aromatic rings. The molecule has 0 atom stereocenters. The quantitative estimate of drug-likeness (QED) is 0.197. The van der Waals surface area contributed by atoms with E-state index in [1.165, 1.54) is 11.3 Å². The van der Waals surface area contributed by atoms with Gasteiger partial charge in [-0.15, -0.1) is 0 Å². The summed E-state index contributed by atoms with van der Waals surface area (Å²) >= 11 is 1.51. The highest BCUT2D eigenvalue weighted by Gasteiger charge is 2.23. The van der Waals surface area contributed by atoms with E-state index in [9.17, 15) is 9.59 Å². The Labute approximate surface area is 259 Å². The van der Waals surface area contributed by atoms with Crippen molar-refractivity contribution in [2.75, 3.05) is 22.1 Å². The molecule has 1 aliphatic rings. The number of anilines is 3. The highest BCUT2D eigenvalue weighted by atomic mass is 32.1. The molecule has 44 heavy (non-hydrogen) atoms. The van der Waals surface area contributed by atoms with Crippen molar-refractivity contribution in [1.29, 1.82) is 0 Å². The molecule has 6 rings (SSSR count). The van der Waals surface area contributed by atoms with Crippen LogP contribution in [0.4, 0.5) is 21.4 Å². The Balaban J connectivity index is 1.07. The van der Waals surface area contributed by atoms with Gasteiger partial charge in [0.05, 0.1) is 28.1 Å². The van der Waals surface area contributed by atoms with Gasteiger partial charge in [-0.05, 0) is 60.9 Å². The number of carbonyl (C=O) groups excluding carboxylic acids is 2. The number of para-hydroxylation sites is 1. The predicted molar refractivity (Wildman–Crippen MR) is 173 cm³/mol. The van der Waals surface area contributed by atoms with Crippen LogP contribution >= 0.6 is 11.3 Å². The molecule has 0 radical (unpaired) electrons. The van der Waals surface area contributed by atoms with Crippen LogP contribution in [-0.2, 0) is 10.2 Å². The summed E-state index contributed by atoms with van der Waals surface area (Å²) in [6.45, 7) is 6.96. The largest absolute Gasteiger partial charge is 0.439 e. The van der Waals surface area contributed by atoms with E-state index in [-0.39, 0.29) is 11.3 Å². The van der Waals surface area contributed by atoms with Crippen molar-refractivity contribution in [2.24, 2.45) is 0 Å². The Bertz CT molecular complexity index is 1760. The van der Waals surface area contributed by atoms with Crippen molar-refractivity contribution >= 4 is 39.9 Å². The number of nitrogens with zero attached hydrogens (tertiary/aromatic N) is 5. The number of rotatable bonds is 7. The first-order valence-electron chi connectivity index (χ1n) is 14.5. The second-order valence-electron chi connectivity index (χ2n) is 11.5. The van der Waals surface area contributed by atoms with Crippen molar-refractivity contribution < 1.29 is 14.3 Å². The smallest absolute Gasteiger partial charge is 0.324 e. The zero-order valence-corrected chi connectivity index (χ0v) is 25.6. The Hall–Kier alpha value is -5.03. The van der Waals surface area contributed by atoms with Crippen LogP contribution in [0.3, 0.4) is 0 Å². The molecule has 1 fully saturated rings. The lowest BCUT2D eigenvalue weighted by Gasteiger charge is -2.23. The number of benzene rings is 2. The average molecular weight is 608 g/mol. The Kier molecular flexibility index (Phi) is 8.12. The molecule has 0 unspecified atom stereocenters. The van der Waals surface area contributed by atoms with Gasteiger partial charge in [-0.3, -0.25) is 15.0 Å². The van der Waals surface area contributed by atoms with Gasteiger partial charge >= 0.3 is 6.03 Å².